The van der Waals surface area contributed by atoms with E-state index in [9.17, 15) is 14.4 Å². The molecule has 0 spiro atoms. The highest BCUT2D eigenvalue weighted by atomic mass is 16.6. The van der Waals surface area contributed by atoms with E-state index in [1.165, 1.54) is 0 Å². The van der Waals surface area contributed by atoms with Crippen molar-refractivity contribution in [1.82, 2.24) is 16.0 Å². The Morgan fingerprint density at radius 2 is 1.55 bits per heavy atom. The summed E-state index contributed by atoms with van der Waals surface area (Å²) in [6.45, 7) is 11.1. The molecule has 182 valence electrons. The van der Waals surface area contributed by atoms with Gasteiger partial charge in [0, 0.05) is 20.6 Å². The van der Waals surface area contributed by atoms with E-state index >= 15 is 0 Å². The topological polar surface area (TPSA) is 121 Å². The number of anilines is 1. The zero-order valence-corrected chi connectivity index (χ0v) is 20.2. The molecular formula is C23H35N5O5. The Morgan fingerprint density at radius 3 is 2.03 bits per heavy atom. The third-order valence-electron chi connectivity index (χ3n) is 4.39. The van der Waals surface area contributed by atoms with Crippen molar-refractivity contribution in [1.29, 1.82) is 0 Å². The molecule has 10 heteroatoms. The first-order valence-electron chi connectivity index (χ1n) is 11.5. The van der Waals surface area contributed by atoms with E-state index in [0.29, 0.717) is 5.69 Å². The number of guanidine groups is 1. The molecule has 0 unspecified atom stereocenters. The maximum Gasteiger partial charge on any atom is 0.414 e. The van der Waals surface area contributed by atoms with Gasteiger partial charge in [0.2, 0.25) is 11.9 Å². The van der Waals surface area contributed by atoms with E-state index in [4.69, 9.17) is 10.8 Å². The van der Waals surface area contributed by atoms with Crippen molar-refractivity contribution >= 4 is 35.4 Å². The number of nitrogens with one attached hydrogen (secondary N) is 3. The van der Waals surface area contributed by atoms with Crippen molar-refractivity contribution in [2.75, 3.05) is 18.5 Å². The molecule has 33 heavy (non-hydrogen) atoms. The Balaban J connectivity index is 2.21. The molecule has 1 heterocycles. The van der Waals surface area contributed by atoms with Crippen molar-refractivity contribution in [3.63, 3.8) is 0 Å². The van der Waals surface area contributed by atoms with Crippen molar-refractivity contribution in [3.05, 3.63) is 24.3 Å². The predicted octanol–water partition coefficient (Wildman–Crippen LogP) is 3.44. The molecule has 1 atom stereocenters. The summed E-state index contributed by atoms with van der Waals surface area (Å²) in [5, 5.41) is 7.43. The number of hydrogen-bond donors (Lipinski definition) is 3. The molecule has 0 saturated carbocycles. The van der Waals surface area contributed by atoms with Crippen LogP contribution in [-0.4, -0.2) is 54.9 Å². The Hall–Kier alpha value is -3.30. The first-order valence-corrected chi connectivity index (χ1v) is 10.8. The molecule has 1 aromatic carbocycles. The van der Waals surface area contributed by atoms with Crippen LogP contribution in [0, 0.1) is 0 Å². The Labute approximate surface area is 196 Å². The molecule has 0 radical (unpaired) electrons. The highest BCUT2D eigenvalue weighted by molar-refractivity contribution is 6.02. The molecule has 3 amide bonds. The van der Waals surface area contributed by atoms with E-state index in [0.717, 1.165) is 25.1 Å². The second kappa shape index (κ2) is 10.5. The lowest BCUT2D eigenvalue weighted by molar-refractivity contribution is -0.121. The van der Waals surface area contributed by atoms with Crippen LogP contribution in [-0.2, 0) is 14.3 Å². The third kappa shape index (κ3) is 8.63. The predicted molar refractivity (Wildman–Crippen MR) is 127 cm³/mol. The van der Waals surface area contributed by atoms with Gasteiger partial charge >= 0.3 is 12.2 Å². The average molecular weight is 463 g/mol. The number of carbonyl (C=O) groups excluding carboxylic acids is 3. The monoisotopic (exact) mass is 462 g/mol. The first-order chi connectivity index (χ1) is 15.8. The summed E-state index contributed by atoms with van der Waals surface area (Å²) >= 11 is 0. The number of benzene rings is 1. The maximum atomic E-state index is 12.2. The number of nitrogens with zero attached hydrogens (tertiary/aromatic N) is 2. The third-order valence-corrected chi connectivity index (χ3v) is 4.39. The SMILES string of the molecule is [2H]CNC(=O)[C@@H]1CCCN1c1ccc(N=C(NC(=O)OC(C)(C)C)NC(=O)OC(C)(C)C)cc1. The molecule has 1 fully saturated rings. The van der Waals surface area contributed by atoms with Gasteiger partial charge in [-0.2, -0.15) is 0 Å². The van der Waals surface area contributed by atoms with Gasteiger partial charge in [-0.25, -0.2) is 14.6 Å². The molecule has 1 aliphatic heterocycles. The van der Waals surface area contributed by atoms with Gasteiger partial charge in [-0.1, -0.05) is 0 Å². The summed E-state index contributed by atoms with van der Waals surface area (Å²) in [5.41, 5.74) is -0.177. The van der Waals surface area contributed by atoms with Crippen LogP contribution in [0.15, 0.2) is 29.3 Å². The average Bonchev–Trinajstić information content (AvgIpc) is 3.15. The summed E-state index contributed by atoms with van der Waals surface area (Å²) in [7, 11) is -0.158. The number of rotatable bonds is 3. The van der Waals surface area contributed by atoms with Crippen LogP contribution in [0.5, 0.6) is 0 Å². The quantitative estimate of drug-likeness (QED) is 0.467. The van der Waals surface area contributed by atoms with E-state index < -0.39 is 23.4 Å². The van der Waals surface area contributed by atoms with Crippen LogP contribution in [0.3, 0.4) is 0 Å². The van der Waals surface area contributed by atoms with Crippen LogP contribution < -0.4 is 20.9 Å². The molecule has 0 bridgehead atoms. The van der Waals surface area contributed by atoms with Crippen LogP contribution in [0.25, 0.3) is 0 Å². The number of alkyl carbamates (subject to hydrolysis) is 2. The highest BCUT2D eigenvalue weighted by Crippen LogP contribution is 2.27. The lowest BCUT2D eigenvalue weighted by Crippen LogP contribution is -2.47. The zero-order chi connectivity index (χ0) is 25.5. The van der Waals surface area contributed by atoms with Crippen LogP contribution >= 0.6 is 0 Å². The Kier molecular flexibility index (Phi) is 7.78. The van der Waals surface area contributed by atoms with Gasteiger partial charge in [-0.05, 0) is 78.6 Å². The number of aliphatic imine (C=N–C) groups is 1. The largest absolute Gasteiger partial charge is 0.444 e. The Bertz CT molecular complexity index is 874. The lowest BCUT2D eigenvalue weighted by Gasteiger charge is -2.25. The van der Waals surface area contributed by atoms with Crippen molar-refractivity contribution in [3.8, 4) is 0 Å². The lowest BCUT2D eigenvalue weighted by atomic mass is 10.2. The molecule has 0 aliphatic carbocycles. The fourth-order valence-electron chi connectivity index (χ4n) is 3.20. The number of likely N-dealkylation sites (N-methyl/N-ethyl adjacent to an activating group) is 1. The summed E-state index contributed by atoms with van der Waals surface area (Å²) in [5.74, 6) is -0.315. The molecule has 2 rings (SSSR count). The van der Waals surface area contributed by atoms with Gasteiger partial charge in [0.1, 0.15) is 17.2 Å². The molecule has 10 nitrogen and oxygen atoms in total. The summed E-state index contributed by atoms with van der Waals surface area (Å²) in [4.78, 5) is 43.0. The van der Waals surface area contributed by atoms with Gasteiger partial charge in [0.25, 0.3) is 0 Å². The molecule has 0 aromatic heterocycles. The maximum absolute atomic E-state index is 12.2. The Morgan fingerprint density at radius 1 is 1.00 bits per heavy atom. The number of amides is 3. The van der Waals surface area contributed by atoms with Crippen molar-refractivity contribution < 1.29 is 25.2 Å². The minimum atomic E-state index is -0.778. The second-order valence-corrected chi connectivity index (χ2v) is 9.62. The van der Waals surface area contributed by atoms with Gasteiger partial charge in [-0.3, -0.25) is 15.4 Å². The molecule has 3 N–H and O–H groups in total. The van der Waals surface area contributed by atoms with Gasteiger partial charge in [-0.15, -0.1) is 0 Å². The summed E-state index contributed by atoms with van der Waals surface area (Å²) in [6.07, 6.45) is 0.0356. The fourth-order valence-corrected chi connectivity index (χ4v) is 3.20. The standard InChI is InChI=1S/C23H35N5O5/c1-22(2,3)32-20(30)26-19(27-21(31)33-23(4,5)6)25-15-10-12-16(13-11-15)28-14-8-9-17(28)18(29)24-7/h10-13,17H,8-9,14H2,1-7H3,(H,24,29)(H2,25,26,27,30,31)/t17-/m0/s1/i7D. The van der Waals surface area contributed by atoms with Gasteiger partial charge in [0.15, 0.2) is 0 Å². The van der Waals surface area contributed by atoms with Crippen LogP contribution in [0.4, 0.5) is 21.0 Å². The van der Waals surface area contributed by atoms with Crippen LogP contribution in [0.1, 0.15) is 55.8 Å². The fraction of sp³-hybridized carbons (Fsp3) is 0.565. The second-order valence-electron chi connectivity index (χ2n) is 9.62. The van der Waals surface area contributed by atoms with E-state index in [1.54, 1.807) is 53.7 Å². The zero-order valence-electron chi connectivity index (χ0n) is 21.2. The molecular weight excluding hydrogens is 426 g/mol. The van der Waals surface area contributed by atoms with Gasteiger partial charge in [0.05, 0.1) is 5.69 Å². The van der Waals surface area contributed by atoms with E-state index in [1.807, 2.05) is 17.0 Å². The molecule has 1 saturated heterocycles. The minimum Gasteiger partial charge on any atom is -0.444 e. The van der Waals surface area contributed by atoms with Crippen molar-refractivity contribution in [2.24, 2.45) is 4.99 Å². The van der Waals surface area contributed by atoms with Gasteiger partial charge < -0.3 is 19.7 Å². The summed E-state index contributed by atoms with van der Waals surface area (Å²) in [6, 6.07) is 6.72. The number of ether oxygens (including phenoxy) is 2. The van der Waals surface area contributed by atoms with Crippen molar-refractivity contribution in [2.45, 2.75) is 71.6 Å². The number of carbonyl (C=O) groups is 3. The number of hydrogen-bond acceptors (Lipinski definition) is 7. The highest BCUT2D eigenvalue weighted by Gasteiger charge is 2.30. The van der Waals surface area contributed by atoms with E-state index in [2.05, 4.69) is 20.9 Å². The molecule has 1 aromatic rings. The first kappa shape index (κ1) is 24.3. The normalized spacial score (nSPS) is 16.4. The minimum absolute atomic E-state index is 0.148. The summed E-state index contributed by atoms with van der Waals surface area (Å²) < 4.78 is 17.7. The van der Waals surface area contributed by atoms with E-state index in [-0.39, 0.29) is 24.9 Å². The molecule has 1 aliphatic rings. The van der Waals surface area contributed by atoms with Crippen LogP contribution in [0.2, 0.25) is 0 Å². The smallest absolute Gasteiger partial charge is 0.414 e.